The van der Waals surface area contributed by atoms with Gasteiger partial charge in [0.1, 0.15) is 0 Å². The minimum atomic E-state index is 0.602. The van der Waals surface area contributed by atoms with E-state index in [2.05, 4.69) is 10.6 Å². The van der Waals surface area contributed by atoms with E-state index in [0.717, 1.165) is 6.54 Å². The summed E-state index contributed by atoms with van der Waals surface area (Å²) in [5.74, 6) is 0. The van der Waals surface area contributed by atoms with Gasteiger partial charge in [-0.1, -0.05) is 12.2 Å². The third kappa shape index (κ3) is 5.65. The van der Waals surface area contributed by atoms with E-state index in [1.165, 1.54) is 0 Å². The Bertz CT molecular complexity index is 122. The van der Waals surface area contributed by atoms with Gasteiger partial charge < -0.3 is 10.6 Å². The first-order valence-electron chi connectivity index (χ1n) is 2.72. The number of thiocarbonyl (C=S) groups is 2. The molecule has 0 rings (SSSR count). The van der Waals surface area contributed by atoms with Crippen molar-refractivity contribution in [2.24, 2.45) is 0 Å². The molecule has 0 aromatic carbocycles. The molecule has 52 valence electrons. The molecule has 0 amide bonds. The van der Waals surface area contributed by atoms with Crippen LogP contribution in [0.3, 0.4) is 0 Å². The van der Waals surface area contributed by atoms with Crippen molar-refractivity contribution in [3.05, 3.63) is 0 Å². The maximum atomic E-state index is 4.82. The lowest BCUT2D eigenvalue weighted by Crippen LogP contribution is -2.36. The summed E-state index contributed by atoms with van der Waals surface area (Å²) in [7, 11) is 0. The minimum Gasteiger partial charge on any atom is -0.363 e. The maximum Gasteiger partial charge on any atom is 0.171 e. The van der Waals surface area contributed by atoms with E-state index >= 15 is 0 Å². The average molecular weight is 162 g/mol. The SMILES string of the molecule is CCNC(=S)NC(C)=S. The summed E-state index contributed by atoms with van der Waals surface area (Å²) in [6.07, 6.45) is 0. The van der Waals surface area contributed by atoms with Crippen molar-refractivity contribution in [2.75, 3.05) is 6.54 Å². The van der Waals surface area contributed by atoms with E-state index in [4.69, 9.17) is 24.4 Å². The van der Waals surface area contributed by atoms with Crippen LogP contribution in [0.4, 0.5) is 0 Å². The predicted molar refractivity (Wildman–Crippen MR) is 47.7 cm³/mol. The van der Waals surface area contributed by atoms with Gasteiger partial charge in [0.05, 0.1) is 4.99 Å². The van der Waals surface area contributed by atoms with Crippen LogP contribution in [-0.4, -0.2) is 16.6 Å². The summed E-state index contributed by atoms with van der Waals surface area (Å²) in [4.78, 5) is 0.695. The molecule has 9 heavy (non-hydrogen) atoms. The average Bonchev–Trinajstić information content (AvgIpc) is 1.63. The van der Waals surface area contributed by atoms with Crippen molar-refractivity contribution in [3.8, 4) is 0 Å². The highest BCUT2D eigenvalue weighted by Gasteiger charge is 1.89. The predicted octanol–water partition coefficient (Wildman–Crippen LogP) is 0.818. The Balaban J connectivity index is 3.39. The molecular weight excluding hydrogens is 152 g/mol. The molecular formula is C5H10N2S2. The van der Waals surface area contributed by atoms with Gasteiger partial charge >= 0.3 is 0 Å². The smallest absolute Gasteiger partial charge is 0.171 e. The highest BCUT2D eigenvalue weighted by atomic mass is 32.1. The van der Waals surface area contributed by atoms with Gasteiger partial charge in [-0.25, -0.2) is 0 Å². The fourth-order valence-electron chi connectivity index (χ4n) is 0.365. The normalized spacial score (nSPS) is 8.22. The third-order valence-electron chi connectivity index (χ3n) is 0.627. The monoisotopic (exact) mass is 162 g/mol. The number of hydrogen-bond acceptors (Lipinski definition) is 2. The van der Waals surface area contributed by atoms with Gasteiger partial charge in [-0.15, -0.1) is 0 Å². The lowest BCUT2D eigenvalue weighted by Gasteiger charge is -2.04. The molecule has 0 spiro atoms. The molecule has 2 nitrogen and oxygen atoms in total. The summed E-state index contributed by atoms with van der Waals surface area (Å²) in [5, 5.41) is 6.31. The van der Waals surface area contributed by atoms with Crippen molar-refractivity contribution < 1.29 is 0 Å². The quantitative estimate of drug-likeness (QED) is 0.557. The molecule has 0 saturated carbocycles. The second-order valence-electron chi connectivity index (χ2n) is 1.54. The zero-order chi connectivity index (χ0) is 7.28. The Morgan fingerprint density at radius 1 is 1.44 bits per heavy atom. The molecule has 0 atom stereocenters. The van der Waals surface area contributed by atoms with E-state index in [9.17, 15) is 0 Å². The summed E-state index contributed by atoms with van der Waals surface area (Å²) in [6, 6.07) is 0. The topological polar surface area (TPSA) is 24.1 Å². The Labute approximate surface area is 66.0 Å². The molecule has 0 aliphatic rings. The fourth-order valence-corrected chi connectivity index (χ4v) is 0.829. The Morgan fingerprint density at radius 3 is 2.33 bits per heavy atom. The van der Waals surface area contributed by atoms with E-state index in [1.807, 2.05) is 6.92 Å². The van der Waals surface area contributed by atoms with Crippen molar-refractivity contribution in [2.45, 2.75) is 13.8 Å². The fraction of sp³-hybridized carbons (Fsp3) is 0.600. The summed E-state index contributed by atoms with van der Waals surface area (Å²) in [5.41, 5.74) is 0. The van der Waals surface area contributed by atoms with Crippen LogP contribution in [0.2, 0.25) is 0 Å². The van der Waals surface area contributed by atoms with Crippen LogP contribution >= 0.6 is 24.4 Å². The van der Waals surface area contributed by atoms with E-state index in [0.29, 0.717) is 10.1 Å². The first kappa shape index (κ1) is 8.78. The van der Waals surface area contributed by atoms with Crippen LogP contribution in [0.25, 0.3) is 0 Å². The summed E-state index contributed by atoms with van der Waals surface area (Å²) in [6.45, 7) is 4.60. The molecule has 0 aliphatic carbocycles. The van der Waals surface area contributed by atoms with Gasteiger partial charge in [0.25, 0.3) is 0 Å². The van der Waals surface area contributed by atoms with Crippen LogP contribution in [-0.2, 0) is 0 Å². The molecule has 0 fully saturated rings. The van der Waals surface area contributed by atoms with Gasteiger partial charge in [0, 0.05) is 6.54 Å². The molecule has 0 saturated heterocycles. The largest absolute Gasteiger partial charge is 0.363 e. The molecule has 0 aromatic heterocycles. The first-order chi connectivity index (χ1) is 4.16. The lowest BCUT2D eigenvalue weighted by atomic mass is 10.7. The first-order valence-corrected chi connectivity index (χ1v) is 3.54. The van der Waals surface area contributed by atoms with Gasteiger partial charge in [-0.3, -0.25) is 0 Å². The van der Waals surface area contributed by atoms with E-state index in [1.54, 1.807) is 6.92 Å². The molecule has 0 unspecified atom stereocenters. The van der Waals surface area contributed by atoms with E-state index < -0.39 is 0 Å². The molecule has 0 aromatic rings. The maximum absolute atomic E-state index is 4.82. The highest BCUT2D eigenvalue weighted by molar-refractivity contribution is 7.81. The molecule has 2 N–H and O–H groups in total. The third-order valence-corrected chi connectivity index (χ3v) is 0.975. The van der Waals surface area contributed by atoms with Crippen molar-refractivity contribution in [3.63, 3.8) is 0 Å². The molecule has 0 bridgehead atoms. The molecule has 0 radical (unpaired) electrons. The lowest BCUT2D eigenvalue weighted by molar-refractivity contribution is 0.957. The van der Waals surface area contributed by atoms with Crippen molar-refractivity contribution in [1.82, 2.24) is 10.6 Å². The molecule has 0 aliphatic heterocycles. The standard InChI is InChI=1S/C5H10N2S2/c1-3-6-5(9)7-4(2)8/h3H2,1-2H3,(H2,6,7,8,9). The number of nitrogens with one attached hydrogen (secondary N) is 2. The zero-order valence-corrected chi connectivity index (χ0v) is 7.16. The second kappa shape index (κ2) is 4.64. The van der Waals surface area contributed by atoms with E-state index in [-0.39, 0.29) is 0 Å². The molecule has 0 heterocycles. The van der Waals surface area contributed by atoms with Crippen LogP contribution in [0.15, 0.2) is 0 Å². The van der Waals surface area contributed by atoms with Gasteiger partial charge in [-0.2, -0.15) is 0 Å². The Kier molecular flexibility index (Phi) is 4.53. The van der Waals surface area contributed by atoms with Gasteiger partial charge in [0.15, 0.2) is 5.11 Å². The zero-order valence-electron chi connectivity index (χ0n) is 5.52. The van der Waals surface area contributed by atoms with Crippen molar-refractivity contribution in [1.29, 1.82) is 0 Å². The molecule has 4 heteroatoms. The summed E-state index contributed by atoms with van der Waals surface area (Å²) >= 11 is 9.57. The van der Waals surface area contributed by atoms with Crippen LogP contribution in [0.5, 0.6) is 0 Å². The van der Waals surface area contributed by atoms with Gasteiger partial charge in [0.2, 0.25) is 0 Å². The van der Waals surface area contributed by atoms with Crippen LogP contribution in [0.1, 0.15) is 13.8 Å². The Morgan fingerprint density at radius 2 is 2.00 bits per heavy atom. The van der Waals surface area contributed by atoms with Crippen LogP contribution < -0.4 is 10.6 Å². The van der Waals surface area contributed by atoms with Gasteiger partial charge in [-0.05, 0) is 26.1 Å². The highest BCUT2D eigenvalue weighted by Crippen LogP contribution is 1.69. The number of hydrogen-bond donors (Lipinski definition) is 2. The minimum absolute atomic E-state index is 0.602. The van der Waals surface area contributed by atoms with Crippen LogP contribution in [0, 0.1) is 0 Å². The van der Waals surface area contributed by atoms with Crippen molar-refractivity contribution >= 4 is 34.5 Å². The summed E-state index contributed by atoms with van der Waals surface area (Å²) < 4.78 is 0. The Hall–Kier alpha value is -0.220. The second-order valence-corrected chi connectivity index (χ2v) is 2.56. The number of rotatable bonds is 1.